The first-order valence-corrected chi connectivity index (χ1v) is 8.09. The van der Waals surface area contributed by atoms with Gasteiger partial charge in [-0.1, -0.05) is 12.5 Å². The van der Waals surface area contributed by atoms with Crippen LogP contribution in [0.2, 0.25) is 0 Å². The molecule has 132 valence electrons. The van der Waals surface area contributed by atoms with E-state index in [2.05, 4.69) is 22.5 Å². The van der Waals surface area contributed by atoms with Gasteiger partial charge in [0.15, 0.2) is 0 Å². The number of pyridine rings is 1. The molecule has 1 aliphatic carbocycles. The largest absolute Gasteiger partial charge is 0.417 e. The van der Waals surface area contributed by atoms with Gasteiger partial charge in [-0.15, -0.1) is 0 Å². The fourth-order valence-electron chi connectivity index (χ4n) is 2.56. The lowest BCUT2D eigenvalue weighted by Crippen LogP contribution is -2.27. The number of nitrogens with zero attached hydrogens (tertiary/aromatic N) is 1. The molecule has 0 bridgehead atoms. The first kappa shape index (κ1) is 18.3. The third kappa shape index (κ3) is 5.86. The van der Waals surface area contributed by atoms with Crippen molar-refractivity contribution in [2.75, 3.05) is 18.4 Å². The van der Waals surface area contributed by atoms with Crippen LogP contribution in [0.3, 0.4) is 0 Å². The van der Waals surface area contributed by atoms with E-state index >= 15 is 0 Å². The van der Waals surface area contributed by atoms with Gasteiger partial charge >= 0.3 is 6.18 Å². The lowest BCUT2D eigenvalue weighted by Gasteiger charge is -2.19. The van der Waals surface area contributed by atoms with E-state index in [0.29, 0.717) is 18.9 Å². The predicted octanol–water partition coefficient (Wildman–Crippen LogP) is 3.77. The van der Waals surface area contributed by atoms with Crippen LogP contribution in [0.4, 0.5) is 19.0 Å². The summed E-state index contributed by atoms with van der Waals surface area (Å²) < 4.78 is 37.2. The van der Waals surface area contributed by atoms with Gasteiger partial charge in [0.05, 0.1) is 5.56 Å². The Balaban J connectivity index is 1.69. The van der Waals surface area contributed by atoms with Gasteiger partial charge in [0.2, 0.25) is 5.91 Å². The van der Waals surface area contributed by atoms with E-state index in [-0.39, 0.29) is 5.91 Å². The summed E-state index contributed by atoms with van der Waals surface area (Å²) in [5.41, 5.74) is 0.401. The van der Waals surface area contributed by atoms with Gasteiger partial charge in [-0.2, -0.15) is 13.2 Å². The second kappa shape index (κ2) is 8.17. The van der Waals surface area contributed by atoms with E-state index in [4.69, 9.17) is 0 Å². The smallest absolute Gasteiger partial charge is 0.368 e. The van der Waals surface area contributed by atoms with Crippen LogP contribution in [0.5, 0.6) is 0 Å². The molecule has 1 aromatic heterocycles. The quantitative estimate of drug-likeness (QED) is 0.633. The maximum atomic E-state index is 12.4. The average molecular weight is 341 g/mol. The molecular formula is C17H22F3N3O. The molecule has 0 aliphatic heterocycles. The molecule has 1 fully saturated rings. The van der Waals surface area contributed by atoms with Crippen LogP contribution in [0.1, 0.15) is 38.2 Å². The molecule has 1 aliphatic rings. The number of rotatable bonds is 5. The highest BCUT2D eigenvalue weighted by Gasteiger charge is 2.30. The maximum absolute atomic E-state index is 12.4. The molecule has 1 aromatic rings. The molecule has 2 N–H and O–H groups in total. The highest BCUT2D eigenvalue weighted by Crippen LogP contribution is 2.29. The Bertz CT molecular complexity index is 572. The van der Waals surface area contributed by atoms with Crippen LogP contribution in [-0.4, -0.2) is 24.0 Å². The topological polar surface area (TPSA) is 54.0 Å². The molecule has 0 spiro atoms. The van der Waals surface area contributed by atoms with Crippen LogP contribution >= 0.6 is 0 Å². The molecule has 0 atom stereocenters. The summed E-state index contributed by atoms with van der Waals surface area (Å²) in [5.74, 6) is 0.948. The van der Waals surface area contributed by atoms with Crippen molar-refractivity contribution < 1.29 is 18.0 Å². The van der Waals surface area contributed by atoms with E-state index < -0.39 is 11.7 Å². The van der Waals surface area contributed by atoms with E-state index in [9.17, 15) is 18.0 Å². The average Bonchev–Trinajstić information content (AvgIpc) is 2.53. The van der Waals surface area contributed by atoms with E-state index in [1.54, 1.807) is 6.08 Å². The number of hydrogen-bond acceptors (Lipinski definition) is 3. The van der Waals surface area contributed by atoms with Crippen molar-refractivity contribution in [3.05, 3.63) is 35.5 Å². The Morgan fingerprint density at radius 3 is 2.58 bits per heavy atom. The molecule has 7 heteroatoms. The Morgan fingerprint density at radius 2 is 2.00 bits per heavy atom. The molecule has 4 nitrogen and oxygen atoms in total. The van der Waals surface area contributed by atoms with Crippen LogP contribution in [0, 0.1) is 5.92 Å². The number of carbonyl (C=O) groups is 1. The van der Waals surface area contributed by atoms with E-state index in [1.165, 1.54) is 11.6 Å². The number of nitrogens with one attached hydrogen (secondary N) is 2. The van der Waals surface area contributed by atoms with Crippen molar-refractivity contribution >= 4 is 11.7 Å². The number of aromatic nitrogens is 1. The zero-order chi connectivity index (χ0) is 17.6. The van der Waals surface area contributed by atoms with Gasteiger partial charge in [-0.3, -0.25) is 4.79 Å². The number of hydrogen-bond donors (Lipinski definition) is 2. The predicted molar refractivity (Wildman–Crippen MR) is 86.5 cm³/mol. The third-order valence-corrected chi connectivity index (χ3v) is 4.07. The van der Waals surface area contributed by atoms with E-state index in [0.717, 1.165) is 43.9 Å². The summed E-state index contributed by atoms with van der Waals surface area (Å²) in [6, 6.07) is 2.25. The monoisotopic (exact) mass is 341 g/mol. The SMILES string of the molecule is CC1CCC(=CC(=O)NCCNc2ccc(C(F)(F)F)cn2)CC1. The van der Waals surface area contributed by atoms with Gasteiger partial charge in [-0.25, -0.2) is 4.98 Å². The van der Waals surface area contributed by atoms with Crippen molar-refractivity contribution in [2.24, 2.45) is 5.92 Å². The molecular weight excluding hydrogens is 319 g/mol. The van der Waals surface area contributed by atoms with Crippen molar-refractivity contribution in [1.82, 2.24) is 10.3 Å². The van der Waals surface area contributed by atoms with Crippen LogP contribution in [0.15, 0.2) is 30.0 Å². The summed E-state index contributed by atoms with van der Waals surface area (Å²) >= 11 is 0. The molecule has 24 heavy (non-hydrogen) atoms. The Labute approximate surface area is 139 Å². The number of halogens is 3. The minimum atomic E-state index is -4.39. The number of carbonyl (C=O) groups excluding carboxylic acids is 1. The van der Waals surface area contributed by atoms with Gasteiger partial charge in [0.25, 0.3) is 0 Å². The minimum Gasteiger partial charge on any atom is -0.368 e. The summed E-state index contributed by atoms with van der Waals surface area (Å²) in [6.07, 6.45) is 2.27. The number of alkyl halides is 3. The Kier molecular flexibility index (Phi) is 6.23. The summed E-state index contributed by atoms with van der Waals surface area (Å²) in [7, 11) is 0. The molecule has 1 saturated carbocycles. The van der Waals surface area contributed by atoms with Crippen molar-refractivity contribution in [3.8, 4) is 0 Å². The molecule has 0 unspecified atom stereocenters. The van der Waals surface area contributed by atoms with Crippen LogP contribution < -0.4 is 10.6 Å². The lowest BCUT2D eigenvalue weighted by atomic mass is 9.87. The van der Waals surface area contributed by atoms with Crippen molar-refractivity contribution in [3.63, 3.8) is 0 Å². The fraction of sp³-hybridized carbons (Fsp3) is 0.529. The maximum Gasteiger partial charge on any atom is 0.417 e. The number of anilines is 1. The highest BCUT2D eigenvalue weighted by atomic mass is 19.4. The van der Waals surface area contributed by atoms with E-state index in [1.807, 2.05) is 0 Å². The van der Waals surface area contributed by atoms with Gasteiger partial charge in [-0.05, 0) is 43.7 Å². The normalized spacial score (nSPS) is 18.2. The lowest BCUT2D eigenvalue weighted by molar-refractivity contribution is -0.137. The molecule has 1 amide bonds. The number of allylic oxidation sites excluding steroid dienone is 1. The molecule has 0 radical (unpaired) electrons. The molecule has 1 heterocycles. The van der Waals surface area contributed by atoms with Gasteiger partial charge < -0.3 is 10.6 Å². The number of amides is 1. The summed E-state index contributed by atoms with van der Waals surface area (Å²) in [5, 5.41) is 5.64. The first-order chi connectivity index (χ1) is 11.3. The fourth-order valence-corrected chi connectivity index (χ4v) is 2.56. The van der Waals surface area contributed by atoms with Crippen LogP contribution in [-0.2, 0) is 11.0 Å². The van der Waals surface area contributed by atoms with Gasteiger partial charge in [0.1, 0.15) is 5.82 Å². The summed E-state index contributed by atoms with van der Waals surface area (Å²) in [6.45, 7) is 2.99. The Hall–Kier alpha value is -2.05. The Morgan fingerprint density at radius 1 is 1.29 bits per heavy atom. The minimum absolute atomic E-state index is 0.123. The van der Waals surface area contributed by atoms with Crippen LogP contribution in [0.25, 0.3) is 0 Å². The standard InChI is InChI=1S/C17H22F3N3O/c1-12-2-4-13(5-3-12)10-16(24)22-9-8-21-15-7-6-14(11-23-15)17(18,19)20/h6-7,10-12H,2-5,8-9H2,1H3,(H,21,23)(H,22,24). The van der Waals surface area contributed by atoms with Gasteiger partial charge in [0, 0.05) is 25.4 Å². The second-order valence-corrected chi connectivity index (χ2v) is 6.13. The zero-order valence-corrected chi connectivity index (χ0v) is 13.6. The first-order valence-electron chi connectivity index (χ1n) is 8.09. The second-order valence-electron chi connectivity index (χ2n) is 6.13. The molecule has 2 rings (SSSR count). The molecule has 0 saturated heterocycles. The molecule has 0 aromatic carbocycles. The third-order valence-electron chi connectivity index (χ3n) is 4.07. The zero-order valence-electron chi connectivity index (χ0n) is 13.6. The summed E-state index contributed by atoms with van der Waals surface area (Å²) in [4.78, 5) is 15.5. The van der Waals surface area contributed by atoms with Crippen molar-refractivity contribution in [2.45, 2.75) is 38.8 Å². The highest BCUT2D eigenvalue weighted by molar-refractivity contribution is 5.88. The van der Waals surface area contributed by atoms with Crippen molar-refractivity contribution in [1.29, 1.82) is 0 Å².